The summed E-state index contributed by atoms with van der Waals surface area (Å²) in [5, 5.41) is 3.29. The van der Waals surface area contributed by atoms with Crippen molar-refractivity contribution in [3.63, 3.8) is 0 Å². The molecule has 1 amide bonds. The van der Waals surface area contributed by atoms with E-state index in [0.717, 1.165) is 38.3 Å². The molecule has 2 aliphatic rings. The number of carbonyl (C=O) groups is 1. The summed E-state index contributed by atoms with van der Waals surface area (Å²) in [6, 6.07) is 0.245. The first-order valence-electron chi connectivity index (χ1n) is 9.77. The number of rotatable bonds is 6. The molecule has 0 aromatic carbocycles. The Labute approximate surface area is 181 Å². The molecule has 0 aromatic rings. The van der Waals surface area contributed by atoms with Gasteiger partial charge in [0.1, 0.15) is 0 Å². The smallest absolute Gasteiger partial charge is 0.222 e. The van der Waals surface area contributed by atoms with Gasteiger partial charge in [-0.15, -0.1) is 24.0 Å². The van der Waals surface area contributed by atoms with Crippen molar-refractivity contribution < 1.29 is 13.2 Å². The number of carbonyl (C=O) groups excluding carboxylic acids is 1. The van der Waals surface area contributed by atoms with Crippen LogP contribution in [0.1, 0.15) is 53.4 Å². The Morgan fingerprint density at radius 1 is 1.30 bits per heavy atom. The minimum absolute atomic E-state index is 0. The fourth-order valence-corrected chi connectivity index (χ4v) is 5.07. The number of halogens is 1. The lowest BCUT2D eigenvalue weighted by atomic mass is 10.1. The lowest BCUT2D eigenvalue weighted by molar-refractivity contribution is -0.129. The molecule has 2 fully saturated rings. The molecule has 158 valence electrons. The Hall–Kier alpha value is -0.580. The van der Waals surface area contributed by atoms with Crippen molar-refractivity contribution in [3.8, 4) is 0 Å². The summed E-state index contributed by atoms with van der Waals surface area (Å²) in [6.07, 6.45) is 3.40. The molecule has 0 saturated carbocycles. The van der Waals surface area contributed by atoms with Crippen LogP contribution in [-0.4, -0.2) is 79.3 Å². The number of aliphatic imine (C=N–C) groups is 1. The third-order valence-electron chi connectivity index (χ3n) is 5.42. The van der Waals surface area contributed by atoms with E-state index in [0.29, 0.717) is 26.1 Å². The van der Waals surface area contributed by atoms with Crippen molar-refractivity contribution in [2.75, 3.05) is 38.5 Å². The maximum atomic E-state index is 12.2. The van der Waals surface area contributed by atoms with E-state index < -0.39 is 14.6 Å². The van der Waals surface area contributed by atoms with Crippen LogP contribution < -0.4 is 5.32 Å². The molecular weight excluding hydrogens is 479 g/mol. The predicted octanol–water partition coefficient (Wildman–Crippen LogP) is 1.87. The van der Waals surface area contributed by atoms with E-state index in [1.54, 1.807) is 13.8 Å². The second-order valence-corrected chi connectivity index (χ2v) is 10.5. The van der Waals surface area contributed by atoms with Crippen molar-refractivity contribution in [1.29, 1.82) is 0 Å². The van der Waals surface area contributed by atoms with E-state index in [1.807, 2.05) is 16.7 Å². The van der Waals surface area contributed by atoms with E-state index in [9.17, 15) is 13.2 Å². The van der Waals surface area contributed by atoms with Crippen molar-refractivity contribution in [2.24, 2.45) is 4.99 Å². The third-order valence-corrected chi connectivity index (χ3v) is 7.96. The number of amides is 1. The molecule has 2 rings (SSSR count). The highest BCUT2D eigenvalue weighted by atomic mass is 127. The van der Waals surface area contributed by atoms with Gasteiger partial charge in [0.05, 0.1) is 10.5 Å². The lowest BCUT2D eigenvalue weighted by Crippen LogP contribution is -2.57. The molecule has 1 N–H and O–H groups in total. The number of guanidine groups is 1. The monoisotopic (exact) mass is 514 g/mol. The van der Waals surface area contributed by atoms with Crippen molar-refractivity contribution in [2.45, 2.75) is 64.2 Å². The quantitative estimate of drug-likeness (QED) is 0.333. The van der Waals surface area contributed by atoms with Gasteiger partial charge in [-0.1, -0.05) is 6.92 Å². The standard InChI is InChI=1S/C18H34N4O3S.HI/c1-5-15(22-11-7-8-16(22)23)9-10-20-17(19-6-2)21-12-13-26(24,25)18(3,4)14-21;/h15H,5-14H2,1-4H3,(H,19,20);1H. The average molecular weight is 514 g/mol. The van der Waals surface area contributed by atoms with Crippen LogP contribution in [0.25, 0.3) is 0 Å². The highest BCUT2D eigenvalue weighted by Crippen LogP contribution is 2.24. The van der Waals surface area contributed by atoms with Crippen LogP contribution >= 0.6 is 24.0 Å². The van der Waals surface area contributed by atoms with Crippen LogP contribution in [0.3, 0.4) is 0 Å². The maximum absolute atomic E-state index is 12.2. The van der Waals surface area contributed by atoms with Crippen LogP contribution in [-0.2, 0) is 14.6 Å². The summed E-state index contributed by atoms with van der Waals surface area (Å²) < 4.78 is 23.7. The Morgan fingerprint density at radius 3 is 2.52 bits per heavy atom. The molecule has 0 radical (unpaired) electrons. The Bertz CT molecular complexity index is 637. The molecule has 0 spiro atoms. The second kappa shape index (κ2) is 10.3. The summed E-state index contributed by atoms with van der Waals surface area (Å²) in [5.74, 6) is 1.19. The predicted molar refractivity (Wildman–Crippen MR) is 120 cm³/mol. The molecule has 7 nitrogen and oxygen atoms in total. The largest absolute Gasteiger partial charge is 0.357 e. The van der Waals surface area contributed by atoms with Crippen LogP contribution in [0.4, 0.5) is 0 Å². The number of nitrogens with one attached hydrogen (secondary N) is 1. The number of likely N-dealkylation sites (tertiary alicyclic amines) is 1. The Kier molecular flexibility index (Phi) is 9.30. The third kappa shape index (κ3) is 5.95. The molecule has 0 aliphatic carbocycles. The first-order valence-corrected chi connectivity index (χ1v) is 11.4. The van der Waals surface area contributed by atoms with Crippen LogP contribution in [0, 0.1) is 0 Å². The zero-order valence-corrected chi connectivity index (χ0v) is 20.2. The molecule has 0 aromatic heterocycles. The summed E-state index contributed by atoms with van der Waals surface area (Å²) in [6.45, 7) is 10.8. The van der Waals surface area contributed by atoms with Crippen LogP contribution in [0.15, 0.2) is 4.99 Å². The first kappa shape index (κ1) is 24.5. The number of sulfone groups is 1. The van der Waals surface area contributed by atoms with E-state index in [-0.39, 0.29) is 41.7 Å². The molecular formula is C18H35IN4O3S. The van der Waals surface area contributed by atoms with Gasteiger partial charge in [0.25, 0.3) is 0 Å². The van der Waals surface area contributed by atoms with Crippen molar-refractivity contribution in [1.82, 2.24) is 15.1 Å². The van der Waals surface area contributed by atoms with Gasteiger partial charge in [-0.3, -0.25) is 9.79 Å². The summed E-state index contributed by atoms with van der Waals surface area (Å²) in [5.41, 5.74) is 0. The molecule has 0 bridgehead atoms. The van der Waals surface area contributed by atoms with E-state index in [4.69, 9.17) is 4.99 Å². The van der Waals surface area contributed by atoms with Gasteiger partial charge in [-0.05, 0) is 40.0 Å². The number of nitrogens with zero attached hydrogens (tertiary/aromatic N) is 3. The van der Waals surface area contributed by atoms with Crippen LogP contribution in [0.5, 0.6) is 0 Å². The molecule has 2 aliphatic heterocycles. The SMILES string of the molecule is CCNC(=NCCC(CC)N1CCCC1=O)N1CCS(=O)(=O)C(C)(C)C1.I. The molecule has 2 saturated heterocycles. The van der Waals surface area contributed by atoms with Gasteiger partial charge in [-0.2, -0.15) is 0 Å². The normalized spacial score (nSPS) is 23.1. The molecule has 2 heterocycles. The molecule has 1 unspecified atom stereocenters. The van der Waals surface area contributed by atoms with Gasteiger partial charge in [0.2, 0.25) is 5.91 Å². The lowest BCUT2D eigenvalue weighted by Gasteiger charge is -2.39. The van der Waals surface area contributed by atoms with Gasteiger partial charge in [-0.25, -0.2) is 8.42 Å². The zero-order valence-electron chi connectivity index (χ0n) is 17.0. The van der Waals surface area contributed by atoms with Gasteiger partial charge < -0.3 is 15.1 Å². The molecule has 1 atom stereocenters. The minimum atomic E-state index is -3.07. The molecule has 27 heavy (non-hydrogen) atoms. The number of hydrogen-bond acceptors (Lipinski definition) is 4. The first-order chi connectivity index (χ1) is 12.2. The topological polar surface area (TPSA) is 82.1 Å². The summed E-state index contributed by atoms with van der Waals surface area (Å²) >= 11 is 0. The van der Waals surface area contributed by atoms with Gasteiger partial charge in [0.15, 0.2) is 15.8 Å². The van der Waals surface area contributed by atoms with Crippen molar-refractivity contribution in [3.05, 3.63) is 0 Å². The minimum Gasteiger partial charge on any atom is -0.357 e. The zero-order chi connectivity index (χ0) is 19.4. The molecule has 9 heteroatoms. The van der Waals surface area contributed by atoms with Crippen LogP contribution in [0.2, 0.25) is 0 Å². The second-order valence-electron chi connectivity index (χ2n) is 7.78. The van der Waals surface area contributed by atoms with Gasteiger partial charge >= 0.3 is 0 Å². The summed E-state index contributed by atoms with van der Waals surface area (Å²) in [7, 11) is -3.07. The number of hydrogen-bond donors (Lipinski definition) is 1. The summed E-state index contributed by atoms with van der Waals surface area (Å²) in [4.78, 5) is 20.7. The highest BCUT2D eigenvalue weighted by molar-refractivity contribution is 14.0. The van der Waals surface area contributed by atoms with E-state index >= 15 is 0 Å². The van der Waals surface area contributed by atoms with E-state index in [2.05, 4.69) is 12.2 Å². The van der Waals surface area contributed by atoms with Crippen molar-refractivity contribution >= 4 is 45.7 Å². The van der Waals surface area contributed by atoms with E-state index in [1.165, 1.54) is 0 Å². The average Bonchev–Trinajstić information content (AvgIpc) is 2.99. The Balaban J connectivity index is 0.00000364. The van der Waals surface area contributed by atoms with Gasteiger partial charge in [0, 0.05) is 45.2 Å². The fraction of sp³-hybridized carbons (Fsp3) is 0.889. The Morgan fingerprint density at radius 2 is 2.00 bits per heavy atom. The fourth-order valence-electron chi connectivity index (χ4n) is 3.71. The maximum Gasteiger partial charge on any atom is 0.222 e. The highest BCUT2D eigenvalue weighted by Gasteiger charge is 2.41.